The molecule has 1 aromatic carbocycles. The predicted octanol–water partition coefficient (Wildman–Crippen LogP) is 1.94. The van der Waals surface area contributed by atoms with Crippen molar-refractivity contribution in [1.82, 2.24) is 0 Å². The van der Waals surface area contributed by atoms with Gasteiger partial charge in [0.2, 0.25) is 0 Å². The van der Waals surface area contributed by atoms with Gasteiger partial charge in [-0.15, -0.1) is 0 Å². The second-order valence-corrected chi connectivity index (χ2v) is 2.71. The Morgan fingerprint density at radius 3 is 2.91 bits per heavy atom. The van der Waals surface area contributed by atoms with E-state index in [4.69, 9.17) is 0 Å². The zero-order valence-corrected chi connectivity index (χ0v) is 6.08. The van der Waals surface area contributed by atoms with Crippen LogP contribution in [0.4, 0.5) is 0 Å². The van der Waals surface area contributed by atoms with E-state index in [1.54, 1.807) is 0 Å². The van der Waals surface area contributed by atoms with Crippen LogP contribution in [0.3, 0.4) is 0 Å². The Morgan fingerprint density at radius 2 is 2.18 bits per heavy atom. The maximum atomic E-state index is 10.4. The Kier molecular flexibility index (Phi) is 1.35. The molecule has 0 saturated carbocycles. The molecule has 0 bridgehead atoms. The highest BCUT2D eigenvalue weighted by atomic mass is 16.1. The molecule has 2 rings (SSSR count). The van der Waals surface area contributed by atoms with Crippen LogP contribution in [0.1, 0.15) is 12.6 Å². The molecule has 54 valence electrons. The third-order valence-electron chi connectivity index (χ3n) is 1.94. The Hall–Kier alpha value is -1.37. The fourth-order valence-electron chi connectivity index (χ4n) is 1.38. The Bertz CT molecular complexity index is 328. The summed E-state index contributed by atoms with van der Waals surface area (Å²) >= 11 is 0. The first kappa shape index (κ1) is 6.35. The lowest BCUT2D eigenvalue weighted by Gasteiger charge is -1.93. The van der Waals surface area contributed by atoms with E-state index in [2.05, 4.69) is 6.07 Å². The fourth-order valence-corrected chi connectivity index (χ4v) is 1.38. The molecular weight excluding hydrogens is 136 g/mol. The Morgan fingerprint density at radius 1 is 1.36 bits per heavy atom. The van der Waals surface area contributed by atoms with E-state index in [1.807, 2.05) is 24.3 Å². The van der Waals surface area contributed by atoms with Crippen LogP contribution in [0.15, 0.2) is 29.8 Å². The quantitative estimate of drug-likeness (QED) is 0.552. The summed E-state index contributed by atoms with van der Waals surface area (Å²) in [4.78, 5) is 10.4. The van der Waals surface area contributed by atoms with Gasteiger partial charge in [0.05, 0.1) is 0 Å². The minimum Gasteiger partial charge on any atom is -0.298 e. The zero-order chi connectivity index (χ0) is 7.68. The average molecular weight is 145 g/mol. The molecule has 1 nitrogen and oxygen atoms in total. The van der Waals surface area contributed by atoms with Gasteiger partial charge in [-0.1, -0.05) is 24.3 Å². The van der Waals surface area contributed by atoms with E-state index in [0.29, 0.717) is 0 Å². The van der Waals surface area contributed by atoms with E-state index in [-0.39, 0.29) is 1.43 Å². The lowest BCUT2D eigenvalue weighted by molar-refractivity contribution is -0.104. The molecule has 0 amide bonds. The number of allylic oxidation sites excluding steroid dienone is 1. The Labute approximate surface area is 66.8 Å². The molecule has 0 saturated heterocycles. The summed E-state index contributed by atoms with van der Waals surface area (Å²) in [6.07, 6.45) is 3.68. The van der Waals surface area contributed by atoms with Crippen molar-refractivity contribution in [3.63, 3.8) is 0 Å². The highest BCUT2D eigenvalue weighted by molar-refractivity contribution is 5.86. The van der Waals surface area contributed by atoms with Crippen molar-refractivity contribution in [3.05, 3.63) is 41.0 Å². The summed E-state index contributed by atoms with van der Waals surface area (Å²) < 4.78 is 0. The van der Waals surface area contributed by atoms with Gasteiger partial charge in [0.1, 0.15) is 6.29 Å². The van der Waals surface area contributed by atoms with Crippen LogP contribution in [0.25, 0.3) is 6.08 Å². The van der Waals surface area contributed by atoms with E-state index in [9.17, 15) is 4.79 Å². The molecule has 1 aliphatic carbocycles. The fraction of sp³-hybridized carbons (Fsp3) is 0.100. The second kappa shape index (κ2) is 2.35. The zero-order valence-electron chi connectivity index (χ0n) is 7.08. The highest BCUT2D eigenvalue weighted by Crippen LogP contribution is 2.22. The molecule has 1 aliphatic rings. The molecule has 0 N–H and O–H groups in total. The number of fused-ring (bicyclic) bond motifs is 1. The van der Waals surface area contributed by atoms with Gasteiger partial charge in [0.25, 0.3) is 0 Å². The van der Waals surface area contributed by atoms with Gasteiger partial charge in [0.15, 0.2) is 0 Å². The lowest BCUT2D eigenvalue weighted by atomic mass is 10.1. The number of carbonyl (C=O) groups is 1. The average Bonchev–Trinajstić information content (AvgIpc) is 2.46. The molecule has 0 aliphatic heterocycles. The van der Waals surface area contributed by atoms with Crippen LogP contribution in [-0.2, 0) is 11.2 Å². The summed E-state index contributed by atoms with van der Waals surface area (Å²) in [5.74, 6) is 0. The number of carbonyl (C=O) groups excluding carboxylic acids is 1. The third-order valence-corrected chi connectivity index (χ3v) is 1.94. The Balaban J connectivity index is 0.000000720. The first-order valence-electron chi connectivity index (χ1n) is 3.64. The monoisotopic (exact) mass is 145 g/mol. The van der Waals surface area contributed by atoms with E-state index < -0.39 is 0 Å². The minimum atomic E-state index is 0. The van der Waals surface area contributed by atoms with E-state index >= 15 is 0 Å². The number of benzene rings is 1. The molecular formula is C10H9O+. The van der Waals surface area contributed by atoms with Crippen molar-refractivity contribution in [2.24, 2.45) is 0 Å². The molecule has 1 heteroatoms. The molecule has 0 atom stereocenters. The van der Waals surface area contributed by atoms with Crippen molar-refractivity contribution < 1.29 is 6.22 Å². The first-order chi connectivity index (χ1) is 5.40. The molecule has 0 spiro atoms. The third kappa shape index (κ3) is 0.984. The molecule has 0 aromatic heterocycles. The maximum Gasteiger partial charge on any atom is 1.00 e. The summed E-state index contributed by atoms with van der Waals surface area (Å²) in [6, 6.07) is 8.08. The van der Waals surface area contributed by atoms with Gasteiger partial charge in [-0.3, -0.25) is 4.79 Å². The van der Waals surface area contributed by atoms with Crippen LogP contribution in [0.2, 0.25) is 0 Å². The van der Waals surface area contributed by atoms with Crippen LogP contribution < -0.4 is 0 Å². The number of hydrogen-bond acceptors (Lipinski definition) is 1. The largest absolute Gasteiger partial charge is 1.00 e. The van der Waals surface area contributed by atoms with Gasteiger partial charge < -0.3 is 0 Å². The van der Waals surface area contributed by atoms with Gasteiger partial charge in [-0.2, -0.15) is 0 Å². The van der Waals surface area contributed by atoms with Crippen molar-refractivity contribution in [1.29, 1.82) is 0 Å². The number of aldehydes is 1. The van der Waals surface area contributed by atoms with Crippen molar-refractivity contribution >= 4 is 12.4 Å². The molecule has 0 heterocycles. The van der Waals surface area contributed by atoms with Crippen molar-refractivity contribution in [3.8, 4) is 0 Å². The van der Waals surface area contributed by atoms with Crippen LogP contribution in [-0.4, -0.2) is 6.29 Å². The summed E-state index contributed by atoms with van der Waals surface area (Å²) in [5, 5.41) is 0. The van der Waals surface area contributed by atoms with Crippen LogP contribution >= 0.6 is 0 Å². The topological polar surface area (TPSA) is 17.1 Å². The highest BCUT2D eigenvalue weighted by Gasteiger charge is 2.09. The molecule has 11 heavy (non-hydrogen) atoms. The molecule has 0 fully saturated rings. The second-order valence-electron chi connectivity index (χ2n) is 2.71. The van der Waals surface area contributed by atoms with Crippen LogP contribution in [0.5, 0.6) is 0 Å². The maximum absolute atomic E-state index is 10.4. The summed E-state index contributed by atoms with van der Waals surface area (Å²) in [7, 11) is 0. The minimum absolute atomic E-state index is 0. The van der Waals surface area contributed by atoms with Gasteiger partial charge in [0, 0.05) is 6.42 Å². The summed E-state index contributed by atoms with van der Waals surface area (Å²) in [5.41, 5.74) is 3.33. The first-order valence-corrected chi connectivity index (χ1v) is 3.64. The van der Waals surface area contributed by atoms with E-state index in [1.165, 1.54) is 11.1 Å². The van der Waals surface area contributed by atoms with Crippen molar-refractivity contribution in [2.45, 2.75) is 6.42 Å². The molecule has 0 unspecified atom stereocenters. The van der Waals surface area contributed by atoms with Crippen LogP contribution in [0, 0.1) is 0 Å². The molecule has 1 aromatic rings. The van der Waals surface area contributed by atoms with Gasteiger partial charge >= 0.3 is 1.43 Å². The normalized spacial score (nSPS) is 14.0. The van der Waals surface area contributed by atoms with Gasteiger partial charge in [-0.05, 0) is 22.8 Å². The van der Waals surface area contributed by atoms with E-state index in [0.717, 1.165) is 18.3 Å². The number of hydrogen-bond donors (Lipinski definition) is 0. The van der Waals surface area contributed by atoms with Crippen molar-refractivity contribution in [2.75, 3.05) is 0 Å². The lowest BCUT2D eigenvalue weighted by Crippen LogP contribution is -1.83. The summed E-state index contributed by atoms with van der Waals surface area (Å²) in [6.45, 7) is 0. The number of rotatable bonds is 1. The smallest absolute Gasteiger partial charge is 0.298 e. The SMILES string of the molecule is O=CC1=Cc2ccccc2C1.[H+]. The standard InChI is InChI=1S/C10H8O/c11-7-8-5-9-3-1-2-4-10(9)6-8/h1-5,7H,6H2/p+1. The predicted molar refractivity (Wildman–Crippen MR) is 45.3 cm³/mol. The molecule has 0 radical (unpaired) electrons. The van der Waals surface area contributed by atoms with Gasteiger partial charge in [-0.25, -0.2) is 0 Å².